The summed E-state index contributed by atoms with van der Waals surface area (Å²) in [6.45, 7) is 0. The lowest BCUT2D eigenvalue weighted by molar-refractivity contribution is 0.413. The summed E-state index contributed by atoms with van der Waals surface area (Å²) in [7, 11) is 4.73. The Hall–Kier alpha value is -4.14. The van der Waals surface area contributed by atoms with E-state index in [1.54, 1.807) is 58.5 Å². The number of hydrogen-bond donors (Lipinski definition) is 0. The predicted octanol–water partition coefficient (Wildman–Crippen LogP) is 3.08. The topological polar surface area (TPSA) is 105 Å². The molecule has 150 valence electrons. The van der Waals surface area contributed by atoms with Crippen molar-refractivity contribution in [2.75, 3.05) is 21.3 Å². The second kappa shape index (κ2) is 8.48. The summed E-state index contributed by atoms with van der Waals surface area (Å²) in [5.41, 5.74) is 2.06. The van der Waals surface area contributed by atoms with Gasteiger partial charge in [-0.15, -0.1) is 0 Å². The van der Waals surface area contributed by atoms with Crippen LogP contribution in [0.2, 0.25) is 0 Å². The van der Waals surface area contributed by atoms with Gasteiger partial charge < -0.3 is 14.2 Å². The van der Waals surface area contributed by atoms with Crippen LogP contribution in [0.4, 0.5) is 0 Å². The first kappa shape index (κ1) is 19.2. The Morgan fingerprint density at radius 2 is 0.767 bits per heavy atom. The Labute approximate surface area is 172 Å². The predicted molar refractivity (Wildman–Crippen MR) is 109 cm³/mol. The summed E-state index contributed by atoms with van der Waals surface area (Å²) >= 11 is 0. The van der Waals surface area contributed by atoms with E-state index in [1.807, 2.05) is 18.2 Å². The fourth-order valence-electron chi connectivity index (χ4n) is 2.72. The van der Waals surface area contributed by atoms with Crippen molar-refractivity contribution in [1.82, 2.24) is 29.9 Å². The average molecular weight is 402 g/mol. The minimum atomic E-state index is 0.437. The standard InChI is InChI=1S/C21H18N6O3/c1-28-16-4-13(7-22-10-16)19-25-20(14-5-17(29-2)11-23-8-14)27-21(26-19)15-6-18(30-3)12-24-9-15/h4-12H,1-3H3. The summed E-state index contributed by atoms with van der Waals surface area (Å²) in [5.74, 6) is 3.11. The minimum Gasteiger partial charge on any atom is -0.495 e. The summed E-state index contributed by atoms with van der Waals surface area (Å²) < 4.78 is 15.8. The molecule has 4 aromatic rings. The molecule has 4 aromatic heterocycles. The smallest absolute Gasteiger partial charge is 0.165 e. The molecule has 9 nitrogen and oxygen atoms in total. The zero-order chi connectivity index (χ0) is 20.9. The molecule has 0 aliphatic heterocycles. The van der Waals surface area contributed by atoms with Crippen LogP contribution in [0.25, 0.3) is 34.2 Å². The van der Waals surface area contributed by atoms with Crippen LogP contribution in [0.15, 0.2) is 55.4 Å². The van der Waals surface area contributed by atoms with Gasteiger partial charge in [-0.05, 0) is 18.2 Å². The van der Waals surface area contributed by atoms with E-state index >= 15 is 0 Å². The molecule has 0 radical (unpaired) electrons. The van der Waals surface area contributed by atoms with Gasteiger partial charge in [-0.3, -0.25) is 15.0 Å². The molecule has 0 atom stereocenters. The van der Waals surface area contributed by atoms with E-state index in [2.05, 4.69) is 29.9 Å². The molecule has 9 heteroatoms. The number of methoxy groups -OCH3 is 3. The maximum absolute atomic E-state index is 5.28. The van der Waals surface area contributed by atoms with Crippen LogP contribution >= 0.6 is 0 Å². The Morgan fingerprint density at radius 3 is 1.03 bits per heavy atom. The van der Waals surface area contributed by atoms with Crippen LogP contribution in [0.3, 0.4) is 0 Å². The van der Waals surface area contributed by atoms with Gasteiger partial charge in [0.15, 0.2) is 17.5 Å². The number of rotatable bonds is 6. The minimum absolute atomic E-state index is 0.437. The quantitative estimate of drug-likeness (QED) is 0.481. The maximum Gasteiger partial charge on any atom is 0.165 e. The van der Waals surface area contributed by atoms with Gasteiger partial charge >= 0.3 is 0 Å². The monoisotopic (exact) mass is 402 g/mol. The average Bonchev–Trinajstić information content (AvgIpc) is 2.83. The van der Waals surface area contributed by atoms with E-state index < -0.39 is 0 Å². The van der Waals surface area contributed by atoms with Crippen molar-refractivity contribution < 1.29 is 14.2 Å². The number of nitrogens with zero attached hydrogens (tertiary/aromatic N) is 6. The van der Waals surface area contributed by atoms with Crippen molar-refractivity contribution in [2.45, 2.75) is 0 Å². The molecule has 0 aliphatic rings. The first-order valence-corrected chi connectivity index (χ1v) is 8.94. The van der Waals surface area contributed by atoms with E-state index in [4.69, 9.17) is 14.2 Å². The molecule has 0 unspecified atom stereocenters. The first-order chi connectivity index (χ1) is 14.7. The molecular weight excluding hydrogens is 384 g/mol. The Kier molecular flexibility index (Phi) is 5.42. The van der Waals surface area contributed by atoms with E-state index in [1.165, 1.54) is 0 Å². The number of aromatic nitrogens is 6. The molecule has 0 aliphatic carbocycles. The van der Waals surface area contributed by atoms with Crippen LogP contribution < -0.4 is 14.2 Å². The molecule has 0 spiro atoms. The normalized spacial score (nSPS) is 10.5. The molecule has 0 N–H and O–H groups in total. The van der Waals surface area contributed by atoms with Gasteiger partial charge in [0, 0.05) is 35.3 Å². The molecule has 0 saturated heterocycles. The van der Waals surface area contributed by atoms with Crippen molar-refractivity contribution in [3.8, 4) is 51.4 Å². The number of ether oxygens (including phenoxy) is 3. The van der Waals surface area contributed by atoms with Crippen LogP contribution in [0.5, 0.6) is 17.2 Å². The molecule has 4 rings (SSSR count). The van der Waals surface area contributed by atoms with Gasteiger partial charge in [0.25, 0.3) is 0 Å². The zero-order valence-corrected chi connectivity index (χ0v) is 16.6. The third kappa shape index (κ3) is 4.00. The molecule has 30 heavy (non-hydrogen) atoms. The fraction of sp³-hybridized carbons (Fsp3) is 0.143. The maximum atomic E-state index is 5.28. The van der Waals surface area contributed by atoms with Crippen LogP contribution in [-0.4, -0.2) is 51.2 Å². The Bertz CT molecular complexity index is 1030. The molecule has 0 amide bonds. The Balaban J connectivity index is 1.91. The molecular formula is C21H18N6O3. The van der Waals surface area contributed by atoms with E-state index in [0.29, 0.717) is 51.4 Å². The first-order valence-electron chi connectivity index (χ1n) is 8.94. The van der Waals surface area contributed by atoms with Gasteiger partial charge in [-0.2, -0.15) is 0 Å². The van der Waals surface area contributed by atoms with Crippen molar-refractivity contribution in [2.24, 2.45) is 0 Å². The third-order valence-electron chi connectivity index (χ3n) is 4.26. The lowest BCUT2D eigenvalue weighted by atomic mass is 10.2. The highest BCUT2D eigenvalue weighted by molar-refractivity contribution is 5.66. The lowest BCUT2D eigenvalue weighted by Crippen LogP contribution is -2.01. The second-order valence-electron chi connectivity index (χ2n) is 6.15. The third-order valence-corrected chi connectivity index (χ3v) is 4.26. The molecule has 0 aromatic carbocycles. The zero-order valence-electron chi connectivity index (χ0n) is 16.6. The summed E-state index contributed by atoms with van der Waals surface area (Å²) in [5, 5.41) is 0. The van der Waals surface area contributed by atoms with E-state index in [9.17, 15) is 0 Å². The van der Waals surface area contributed by atoms with E-state index in [0.717, 1.165) is 0 Å². The number of pyridine rings is 3. The lowest BCUT2D eigenvalue weighted by Gasteiger charge is -2.09. The molecule has 0 bridgehead atoms. The van der Waals surface area contributed by atoms with E-state index in [-0.39, 0.29) is 0 Å². The van der Waals surface area contributed by atoms with Crippen molar-refractivity contribution in [3.05, 3.63) is 55.4 Å². The van der Waals surface area contributed by atoms with Gasteiger partial charge in [0.2, 0.25) is 0 Å². The van der Waals surface area contributed by atoms with Crippen molar-refractivity contribution in [1.29, 1.82) is 0 Å². The van der Waals surface area contributed by atoms with Gasteiger partial charge in [0.05, 0.1) is 39.9 Å². The van der Waals surface area contributed by atoms with Gasteiger partial charge in [-0.1, -0.05) is 0 Å². The number of hydrogen-bond acceptors (Lipinski definition) is 9. The highest BCUT2D eigenvalue weighted by atomic mass is 16.5. The van der Waals surface area contributed by atoms with Gasteiger partial charge in [-0.25, -0.2) is 15.0 Å². The SMILES string of the molecule is COc1cncc(-c2nc(-c3cncc(OC)c3)nc(-c3cncc(OC)c3)n2)c1. The van der Waals surface area contributed by atoms with Crippen LogP contribution in [-0.2, 0) is 0 Å². The Morgan fingerprint density at radius 1 is 0.467 bits per heavy atom. The van der Waals surface area contributed by atoms with Crippen LogP contribution in [0, 0.1) is 0 Å². The summed E-state index contributed by atoms with van der Waals surface area (Å²) in [4.78, 5) is 26.5. The fourth-order valence-corrected chi connectivity index (χ4v) is 2.72. The molecule has 0 fully saturated rings. The van der Waals surface area contributed by atoms with Crippen molar-refractivity contribution in [3.63, 3.8) is 0 Å². The summed E-state index contributed by atoms with van der Waals surface area (Å²) in [6.07, 6.45) is 9.84. The summed E-state index contributed by atoms with van der Waals surface area (Å²) in [6, 6.07) is 5.43. The van der Waals surface area contributed by atoms with Crippen molar-refractivity contribution >= 4 is 0 Å². The van der Waals surface area contributed by atoms with Crippen LogP contribution in [0.1, 0.15) is 0 Å². The molecule has 0 saturated carbocycles. The molecule has 4 heterocycles. The second-order valence-corrected chi connectivity index (χ2v) is 6.15. The van der Waals surface area contributed by atoms with Gasteiger partial charge in [0.1, 0.15) is 17.2 Å². The largest absolute Gasteiger partial charge is 0.495 e. The highest BCUT2D eigenvalue weighted by Crippen LogP contribution is 2.27. The highest BCUT2D eigenvalue weighted by Gasteiger charge is 2.14.